The normalized spacial score (nSPS) is 15.1. The Bertz CT molecular complexity index is 1340. The van der Waals surface area contributed by atoms with Crippen molar-refractivity contribution in [3.63, 3.8) is 0 Å². The number of nitrogens with one attached hydrogen (secondary N) is 1. The number of aliphatic hydroxyl groups is 1. The van der Waals surface area contributed by atoms with Gasteiger partial charge in [0.05, 0.1) is 5.56 Å². The predicted molar refractivity (Wildman–Crippen MR) is 120 cm³/mol. The lowest BCUT2D eigenvalue weighted by Gasteiger charge is -2.27. The number of aliphatic hydroxyl groups excluding tert-OH is 1. The number of aromatic nitrogens is 2. The molecule has 35 heavy (non-hydrogen) atoms. The summed E-state index contributed by atoms with van der Waals surface area (Å²) in [6.45, 7) is -0.234. The first kappa shape index (κ1) is 24.3. The Morgan fingerprint density at radius 3 is 2.49 bits per heavy atom. The molecule has 0 saturated heterocycles. The summed E-state index contributed by atoms with van der Waals surface area (Å²) in [5.74, 6) is -0.446. The van der Waals surface area contributed by atoms with Crippen LogP contribution in [0.3, 0.4) is 0 Å². The molecule has 186 valence electrons. The molecule has 12 heteroatoms. The van der Waals surface area contributed by atoms with Crippen molar-refractivity contribution >= 4 is 11.5 Å². The van der Waals surface area contributed by atoms with E-state index in [1.54, 1.807) is 0 Å². The van der Waals surface area contributed by atoms with Crippen LogP contribution in [0, 0.1) is 5.82 Å². The Kier molecular flexibility index (Phi) is 6.57. The Balaban J connectivity index is 1.78. The SMILES string of the molecule is Cn1c2c(c(=O)n(CCCO)c1=O)N(Cc1ccc(F)cc1)C(Oc1cccc(C(F)(F)F)c1)N2. The van der Waals surface area contributed by atoms with Crippen LogP contribution in [0.1, 0.15) is 17.5 Å². The fourth-order valence-electron chi connectivity index (χ4n) is 3.83. The van der Waals surface area contributed by atoms with Crippen LogP contribution in [0.25, 0.3) is 0 Å². The molecule has 1 aromatic heterocycles. The minimum absolute atomic E-state index is 0.0252. The average Bonchev–Trinajstić information content (AvgIpc) is 3.16. The van der Waals surface area contributed by atoms with Gasteiger partial charge in [0.25, 0.3) is 11.9 Å². The van der Waals surface area contributed by atoms with Crippen molar-refractivity contribution in [3.05, 3.63) is 86.3 Å². The Morgan fingerprint density at radius 2 is 1.83 bits per heavy atom. The first-order valence-corrected chi connectivity index (χ1v) is 10.7. The van der Waals surface area contributed by atoms with Gasteiger partial charge in [-0.25, -0.2) is 9.18 Å². The van der Waals surface area contributed by atoms with Crippen LogP contribution in [-0.4, -0.2) is 27.2 Å². The number of hydrogen-bond acceptors (Lipinski definition) is 6. The summed E-state index contributed by atoms with van der Waals surface area (Å²) >= 11 is 0. The standard InChI is InChI=1S/C23H22F4N4O4/c1-29-19-18(20(33)30(22(29)34)10-3-11-32)31(13-14-6-8-16(24)9-7-14)21(28-19)35-17-5-2-4-15(12-17)23(25,26)27/h2,4-9,12,21,28,32H,3,10-11,13H2,1H3. The van der Waals surface area contributed by atoms with E-state index < -0.39 is 35.2 Å². The highest BCUT2D eigenvalue weighted by Gasteiger charge is 2.37. The summed E-state index contributed by atoms with van der Waals surface area (Å²) in [4.78, 5) is 27.5. The molecule has 0 aliphatic carbocycles. The van der Waals surface area contributed by atoms with Gasteiger partial charge in [0.2, 0.25) is 0 Å². The van der Waals surface area contributed by atoms with E-state index in [1.807, 2.05) is 0 Å². The van der Waals surface area contributed by atoms with Crippen LogP contribution < -0.4 is 26.2 Å². The third-order valence-electron chi connectivity index (χ3n) is 5.57. The maximum absolute atomic E-state index is 13.4. The summed E-state index contributed by atoms with van der Waals surface area (Å²) in [6, 6.07) is 9.76. The maximum Gasteiger partial charge on any atom is 0.416 e. The second kappa shape index (κ2) is 9.45. The molecule has 0 amide bonds. The minimum Gasteiger partial charge on any atom is -0.452 e. The lowest BCUT2D eigenvalue weighted by atomic mass is 10.2. The highest BCUT2D eigenvalue weighted by Crippen LogP contribution is 2.35. The van der Waals surface area contributed by atoms with Crippen molar-refractivity contribution < 1.29 is 27.4 Å². The van der Waals surface area contributed by atoms with Crippen molar-refractivity contribution in [2.75, 3.05) is 16.8 Å². The van der Waals surface area contributed by atoms with Gasteiger partial charge in [-0.1, -0.05) is 18.2 Å². The maximum atomic E-state index is 13.4. The van der Waals surface area contributed by atoms with Gasteiger partial charge in [-0.15, -0.1) is 0 Å². The van der Waals surface area contributed by atoms with Gasteiger partial charge in [-0.2, -0.15) is 13.2 Å². The number of benzene rings is 2. The topological polar surface area (TPSA) is 88.7 Å². The molecule has 1 unspecified atom stereocenters. The van der Waals surface area contributed by atoms with Crippen molar-refractivity contribution in [2.45, 2.75) is 32.0 Å². The molecule has 1 aliphatic rings. The summed E-state index contributed by atoms with van der Waals surface area (Å²) in [5, 5.41) is 12.1. The minimum atomic E-state index is -4.58. The molecule has 3 aromatic rings. The van der Waals surface area contributed by atoms with Crippen LogP contribution in [0.5, 0.6) is 5.75 Å². The van der Waals surface area contributed by atoms with E-state index in [1.165, 1.54) is 52.9 Å². The third-order valence-corrected chi connectivity index (χ3v) is 5.57. The van der Waals surface area contributed by atoms with Crippen LogP contribution in [0.4, 0.5) is 29.1 Å². The van der Waals surface area contributed by atoms with E-state index in [0.29, 0.717) is 5.56 Å². The molecule has 2 N–H and O–H groups in total. The molecule has 0 bridgehead atoms. The number of hydrogen-bond donors (Lipinski definition) is 2. The molecule has 8 nitrogen and oxygen atoms in total. The fraction of sp³-hybridized carbons (Fsp3) is 0.304. The van der Waals surface area contributed by atoms with E-state index in [-0.39, 0.29) is 43.4 Å². The van der Waals surface area contributed by atoms with Crippen molar-refractivity contribution in [1.82, 2.24) is 9.13 Å². The van der Waals surface area contributed by atoms with Gasteiger partial charge >= 0.3 is 11.9 Å². The lowest BCUT2D eigenvalue weighted by molar-refractivity contribution is -0.137. The zero-order chi connectivity index (χ0) is 25.3. The summed E-state index contributed by atoms with van der Waals surface area (Å²) in [5.41, 5.74) is -1.54. The fourth-order valence-corrected chi connectivity index (χ4v) is 3.83. The van der Waals surface area contributed by atoms with Crippen LogP contribution in [-0.2, 0) is 26.3 Å². The van der Waals surface area contributed by atoms with Crippen LogP contribution in [0.2, 0.25) is 0 Å². The van der Waals surface area contributed by atoms with Crippen LogP contribution >= 0.6 is 0 Å². The number of anilines is 2. The second-order valence-electron chi connectivity index (χ2n) is 7.97. The number of alkyl halides is 3. The molecule has 4 rings (SSSR count). The zero-order valence-electron chi connectivity index (χ0n) is 18.6. The highest BCUT2D eigenvalue weighted by molar-refractivity contribution is 5.71. The number of rotatable bonds is 7. The quantitative estimate of drug-likeness (QED) is 0.492. The van der Waals surface area contributed by atoms with Gasteiger partial charge in [-0.3, -0.25) is 13.9 Å². The van der Waals surface area contributed by atoms with Gasteiger partial charge in [0, 0.05) is 26.7 Å². The Labute approximate surface area is 196 Å². The Morgan fingerprint density at radius 1 is 1.11 bits per heavy atom. The van der Waals surface area contributed by atoms with E-state index >= 15 is 0 Å². The lowest BCUT2D eigenvalue weighted by Crippen LogP contribution is -2.43. The molecule has 0 spiro atoms. The molecular weight excluding hydrogens is 472 g/mol. The first-order valence-electron chi connectivity index (χ1n) is 10.7. The van der Waals surface area contributed by atoms with Gasteiger partial charge in [0.1, 0.15) is 23.1 Å². The number of nitrogens with zero attached hydrogens (tertiary/aromatic N) is 3. The molecule has 1 aliphatic heterocycles. The molecule has 2 heterocycles. The van der Waals surface area contributed by atoms with Gasteiger partial charge < -0.3 is 20.1 Å². The summed E-state index contributed by atoms with van der Waals surface area (Å²) in [7, 11) is 1.44. The smallest absolute Gasteiger partial charge is 0.416 e. The molecule has 0 fully saturated rings. The molecule has 0 radical (unpaired) electrons. The van der Waals surface area contributed by atoms with Crippen molar-refractivity contribution in [3.8, 4) is 5.75 Å². The summed E-state index contributed by atoms with van der Waals surface area (Å²) in [6.07, 6.45) is -5.56. The van der Waals surface area contributed by atoms with Crippen LogP contribution in [0.15, 0.2) is 58.1 Å². The first-order chi connectivity index (χ1) is 16.6. The van der Waals surface area contributed by atoms with Crippen molar-refractivity contribution in [2.24, 2.45) is 7.05 Å². The molecular formula is C23H22F4N4O4. The number of ether oxygens (including phenoxy) is 1. The highest BCUT2D eigenvalue weighted by atomic mass is 19.4. The predicted octanol–water partition coefficient (Wildman–Crippen LogP) is 2.88. The Hall–Kier alpha value is -3.80. The van der Waals surface area contributed by atoms with Gasteiger partial charge in [0.15, 0.2) is 0 Å². The van der Waals surface area contributed by atoms with E-state index in [9.17, 15) is 27.2 Å². The monoisotopic (exact) mass is 494 g/mol. The third kappa shape index (κ3) is 4.87. The number of halogens is 4. The zero-order valence-corrected chi connectivity index (χ0v) is 18.6. The van der Waals surface area contributed by atoms with E-state index in [4.69, 9.17) is 9.84 Å². The van der Waals surface area contributed by atoms with Gasteiger partial charge in [-0.05, 0) is 42.3 Å². The molecule has 2 aromatic carbocycles. The van der Waals surface area contributed by atoms with E-state index in [2.05, 4.69) is 5.32 Å². The molecule has 0 saturated carbocycles. The molecule has 1 atom stereocenters. The summed E-state index contributed by atoms with van der Waals surface area (Å²) < 4.78 is 60.9. The average molecular weight is 494 g/mol. The van der Waals surface area contributed by atoms with E-state index in [0.717, 1.165) is 16.7 Å². The number of fused-ring (bicyclic) bond motifs is 1. The second-order valence-corrected chi connectivity index (χ2v) is 7.97. The largest absolute Gasteiger partial charge is 0.452 e. The van der Waals surface area contributed by atoms with Crippen molar-refractivity contribution in [1.29, 1.82) is 0 Å².